The van der Waals surface area contributed by atoms with Crippen molar-refractivity contribution in [3.63, 3.8) is 0 Å². The van der Waals surface area contributed by atoms with E-state index >= 15 is 0 Å². The number of ether oxygens (including phenoxy) is 2. The molecule has 6 heteroatoms. The minimum Gasteiger partial charge on any atom is -0.493 e. The third-order valence-electron chi connectivity index (χ3n) is 5.36. The molecule has 1 unspecified atom stereocenters. The van der Waals surface area contributed by atoms with Crippen molar-refractivity contribution in [3.05, 3.63) is 59.7 Å². The van der Waals surface area contributed by atoms with E-state index in [1.807, 2.05) is 26.8 Å². The summed E-state index contributed by atoms with van der Waals surface area (Å²) >= 11 is 0. The van der Waals surface area contributed by atoms with E-state index in [0.29, 0.717) is 17.9 Å². The number of amides is 1. The Hall–Kier alpha value is -3.72. The number of nitrogens with one attached hydrogen (secondary N) is 1. The third-order valence-corrected chi connectivity index (χ3v) is 5.36. The largest absolute Gasteiger partial charge is 0.493 e. The molecule has 0 aliphatic rings. The Balaban J connectivity index is 2.15. The van der Waals surface area contributed by atoms with E-state index in [4.69, 9.17) is 15.9 Å². The van der Waals surface area contributed by atoms with Crippen LogP contribution in [0.25, 0.3) is 6.08 Å². The quantitative estimate of drug-likeness (QED) is 0.362. The van der Waals surface area contributed by atoms with Crippen LogP contribution in [0.15, 0.2) is 48.5 Å². The molecule has 174 valence electrons. The maximum absolute atomic E-state index is 12.3. The van der Waals surface area contributed by atoms with Crippen molar-refractivity contribution >= 4 is 23.6 Å². The van der Waals surface area contributed by atoms with Gasteiger partial charge in [0, 0.05) is 17.9 Å². The Morgan fingerprint density at radius 3 is 2.45 bits per heavy atom. The predicted octanol–water partition coefficient (Wildman–Crippen LogP) is 5.64. The predicted molar refractivity (Wildman–Crippen MR) is 131 cm³/mol. The summed E-state index contributed by atoms with van der Waals surface area (Å²) in [5.41, 5.74) is 0.189. The Morgan fingerprint density at radius 1 is 1.15 bits per heavy atom. The fourth-order valence-corrected chi connectivity index (χ4v) is 3.55. The van der Waals surface area contributed by atoms with E-state index in [1.54, 1.807) is 37.5 Å². The number of carboxylic acid groups (broad SMARTS) is 1. The Labute approximate surface area is 195 Å². The molecule has 0 fully saturated rings. The van der Waals surface area contributed by atoms with Crippen LogP contribution in [0.5, 0.6) is 11.5 Å². The van der Waals surface area contributed by atoms with Crippen molar-refractivity contribution in [1.82, 2.24) is 0 Å². The number of terminal acetylenes is 1. The van der Waals surface area contributed by atoms with Crippen LogP contribution in [0.2, 0.25) is 0 Å². The highest BCUT2D eigenvalue weighted by Gasteiger charge is 2.32. The van der Waals surface area contributed by atoms with Gasteiger partial charge in [0.2, 0.25) is 5.91 Å². The molecule has 6 nitrogen and oxygen atoms in total. The first-order chi connectivity index (χ1) is 15.5. The fraction of sp³-hybridized carbons (Fsp3) is 0.333. The zero-order chi connectivity index (χ0) is 24.6. The number of benzene rings is 2. The molecule has 0 aliphatic carbocycles. The van der Waals surface area contributed by atoms with Gasteiger partial charge in [-0.05, 0) is 63.1 Å². The number of methoxy groups -OCH3 is 1. The number of carbonyl (C=O) groups excluding carboxylic acids is 1. The van der Waals surface area contributed by atoms with E-state index in [-0.39, 0.29) is 16.7 Å². The molecular formula is C27H31NO5. The van der Waals surface area contributed by atoms with E-state index in [1.165, 1.54) is 18.2 Å². The normalized spacial score (nSPS) is 13.1. The number of aromatic carboxylic acids is 1. The Bertz CT molecular complexity index is 1080. The molecule has 0 saturated heterocycles. The summed E-state index contributed by atoms with van der Waals surface area (Å²) in [6, 6.07) is 11.6. The van der Waals surface area contributed by atoms with Gasteiger partial charge in [-0.3, -0.25) is 4.79 Å². The monoisotopic (exact) mass is 449 g/mol. The number of rotatable bonds is 10. The van der Waals surface area contributed by atoms with Gasteiger partial charge in [-0.15, -0.1) is 12.3 Å². The van der Waals surface area contributed by atoms with Crippen LogP contribution in [-0.4, -0.2) is 29.7 Å². The number of carboxylic acids is 1. The van der Waals surface area contributed by atoms with Crippen LogP contribution in [0.4, 0.5) is 5.69 Å². The molecule has 0 spiro atoms. The maximum atomic E-state index is 12.3. The zero-order valence-corrected chi connectivity index (χ0v) is 19.8. The maximum Gasteiger partial charge on any atom is 0.337 e. The summed E-state index contributed by atoms with van der Waals surface area (Å²) in [5.74, 6) is 2.42. The molecule has 1 atom stereocenters. The van der Waals surface area contributed by atoms with E-state index in [2.05, 4.69) is 18.2 Å². The molecule has 2 aromatic rings. The summed E-state index contributed by atoms with van der Waals surface area (Å²) < 4.78 is 11.7. The number of carbonyl (C=O) groups is 2. The Kier molecular flexibility index (Phi) is 8.31. The van der Waals surface area contributed by atoms with E-state index in [0.717, 1.165) is 12.0 Å². The van der Waals surface area contributed by atoms with Crippen molar-refractivity contribution in [2.24, 2.45) is 5.41 Å². The lowest BCUT2D eigenvalue weighted by Crippen LogP contribution is -2.35. The number of anilines is 1. The topological polar surface area (TPSA) is 84.9 Å². The molecule has 0 saturated carbocycles. The van der Waals surface area contributed by atoms with Crippen molar-refractivity contribution in [1.29, 1.82) is 0 Å². The first kappa shape index (κ1) is 25.5. The Morgan fingerprint density at radius 2 is 1.85 bits per heavy atom. The molecule has 1 amide bonds. The molecule has 33 heavy (non-hydrogen) atoms. The molecule has 2 N–H and O–H groups in total. The minimum absolute atomic E-state index is 0.0223. The van der Waals surface area contributed by atoms with Crippen LogP contribution in [0.3, 0.4) is 0 Å². The van der Waals surface area contributed by atoms with Crippen LogP contribution in [-0.2, 0) is 4.79 Å². The number of hydrogen-bond donors (Lipinski definition) is 2. The number of hydrogen-bond acceptors (Lipinski definition) is 4. The summed E-state index contributed by atoms with van der Waals surface area (Å²) in [5, 5.41) is 11.8. The molecule has 2 rings (SSSR count). The molecule has 0 heterocycles. The summed E-state index contributed by atoms with van der Waals surface area (Å²) in [6.45, 7) is 8.09. The molecule has 0 bridgehead atoms. The minimum atomic E-state index is -1.11. The lowest BCUT2D eigenvalue weighted by atomic mass is 9.78. The van der Waals surface area contributed by atoms with Crippen LogP contribution < -0.4 is 14.8 Å². The molecule has 0 aromatic heterocycles. The smallest absolute Gasteiger partial charge is 0.337 e. The fourth-order valence-electron chi connectivity index (χ4n) is 3.55. The molecule has 0 aliphatic heterocycles. The summed E-state index contributed by atoms with van der Waals surface area (Å²) in [6.07, 6.45) is 10.2. The van der Waals surface area contributed by atoms with Crippen molar-refractivity contribution < 1.29 is 24.2 Å². The average Bonchev–Trinajstić information content (AvgIpc) is 2.78. The van der Waals surface area contributed by atoms with Crippen LogP contribution in [0.1, 0.15) is 56.5 Å². The SMILES string of the molecule is C#CC(C)(CC)CC(C)(C)Oc1ccc(/C=C/C(=O)Nc2ccccc2C(=O)O)cc1OC. The molecular weight excluding hydrogens is 418 g/mol. The van der Waals surface area contributed by atoms with Gasteiger partial charge < -0.3 is 19.9 Å². The molecule has 2 aromatic carbocycles. The highest BCUT2D eigenvalue weighted by molar-refractivity contribution is 6.06. The van der Waals surface area contributed by atoms with Crippen molar-refractivity contribution in [2.75, 3.05) is 12.4 Å². The van der Waals surface area contributed by atoms with E-state index in [9.17, 15) is 14.7 Å². The average molecular weight is 450 g/mol. The van der Waals surface area contributed by atoms with Crippen LogP contribution >= 0.6 is 0 Å². The highest BCUT2D eigenvalue weighted by Crippen LogP contribution is 2.37. The standard InChI is InChI=1S/C27H31NO5/c1-7-27(5,8-2)18-26(3,4)33-22-15-13-19(17-23(22)32-6)14-16-24(29)28-21-12-10-9-11-20(21)25(30)31/h1,9-17H,8,18H2,2-6H3,(H,28,29)(H,30,31)/b16-14+. The van der Waals surface area contributed by atoms with E-state index < -0.39 is 17.5 Å². The van der Waals surface area contributed by atoms with Crippen LogP contribution in [0, 0.1) is 17.8 Å². The first-order valence-electron chi connectivity index (χ1n) is 10.7. The number of para-hydroxylation sites is 1. The van der Waals surface area contributed by atoms with Crippen molar-refractivity contribution in [2.45, 2.75) is 46.1 Å². The second-order valence-corrected chi connectivity index (χ2v) is 8.68. The lowest BCUT2D eigenvalue weighted by molar-refractivity contribution is -0.111. The lowest BCUT2D eigenvalue weighted by Gasteiger charge is -2.34. The van der Waals surface area contributed by atoms with Gasteiger partial charge >= 0.3 is 5.97 Å². The van der Waals surface area contributed by atoms with Crippen molar-refractivity contribution in [3.8, 4) is 23.8 Å². The zero-order valence-electron chi connectivity index (χ0n) is 19.8. The second kappa shape index (κ2) is 10.7. The van der Waals surface area contributed by atoms with Gasteiger partial charge in [0.25, 0.3) is 0 Å². The van der Waals surface area contributed by atoms with Gasteiger partial charge in [-0.2, -0.15) is 0 Å². The highest BCUT2D eigenvalue weighted by atomic mass is 16.5. The van der Waals surface area contributed by atoms with Gasteiger partial charge in [-0.1, -0.05) is 25.1 Å². The first-order valence-corrected chi connectivity index (χ1v) is 10.7. The van der Waals surface area contributed by atoms with Gasteiger partial charge in [0.05, 0.1) is 18.4 Å². The van der Waals surface area contributed by atoms with Gasteiger partial charge in [0.15, 0.2) is 11.5 Å². The summed E-state index contributed by atoms with van der Waals surface area (Å²) in [7, 11) is 1.55. The third kappa shape index (κ3) is 7.15. The second-order valence-electron chi connectivity index (χ2n) is 8.68. The van der Waals surface area contributed by atoms with Gasteiger partial charge in [-0.25, -0.2) is 4.79 Å². The molecule has 0 radical (unpaired) electrons. The summed E-state index contributed by atoms with van der Waals surface area (Å²) in [4.78, 5) is 23.6. The van der Waals surface area contributed by atoms with Gasteiger partial charge in [0.1, 0.15) is 5.60 Å².